The monoisotopic (exact) mass is 349 g/mol. The number of halogens is 3. The van der Waals surface area contributed by atoms with Crippen molar-refractivity contribution in [1.29, 1.82) is 0 Å². The van der Waals surface area contributed by atoms with E-state index in [1.54, 1.807) is 0 Å². The van der Waals surface area contributed by atoms with Crippen LogP contribution >= 0.6 is 23.6 Å². The van der Waals surface area contributed by atoms with Gasteiger partial charge in [-0.05, 0) is 30.3 Å². The molecule has 4 nitrogen and oxygen atoms in total. The molecule has 0 saturated carbocycles. The molecule has 2 rings (SSSR count). The van der Waals surface area contributed by atoms with Crippen LogP contribution in [0.3, 0.4) is 0 Å². The molecule has 9 heteroatoms. The third kappa shape index (κ3) is 4.99. The normalized spacial score (nSPS) is 11.7. The number of rotatable bonds is 4. The molecule has 22 heavy (non-hydrogen) atoms. The van der Waals surface area contributed by atoms with Crippen LogP contribution in [-0.4, -0.2) is 23.0 Å². The van der Waals surface area contributed by atoms with E-state index >= 15 is 0 Å². The van der Waals surface area contributed by atoms with Crippen LogP contribution in [0, 0.1) is 5.92 Å². The Morgan fingerprint density at radius 1 is 1.41 bits per heavy atom. The molecule has 2 N–H and O–H groups in total. The lowest BCUT2D eigenvalue weighted by molar-refractivity contribution is -0.274. The number of hydrogen-bond acceptors (Lipinski definition) is 4. The molecule has 120 valence electrons. The molecule has 0 bridgehead atoms. The second kappa shape index (κ2) is 6.66. The molecule has 0 unspecified atom stereocenters. The van der Waals surface area contributed by atoms with E-state index in [9.17, 15) is 13.2 Å². The van der Waals surface area contributed by atoms with Gasteiger partial charge < -0.3 is 15.4 Å². The van der Waals surface area contributed by atoms with Crippen molar-refractivity contribution in [2.45, 2.75) is 20.2 Å². The van der Waals surface area contributed by atoms with Gasteiger partial charge in [-0.25, -0.2) is 4.98 Å². The first-order valence-electron chi connectivity index (χ1n) is 6.44. The summed E-state index contributed by atoms with van der Waals surface area (Å²) in [5.74, 6) is 0.174. The van der Waals surface area contributed by atoms with E-state index in [4.69, 9.17) is 12.2 Å². The van der Waals surface area contributed by atoms with Gasteiger partial charge in [0.25, 0.3) is 0 Å². The lowest BCUT2D eigenvalue weighted by atomic mass is 10.2. The summed E-state index contributed by atoms with van der Waals surface area (Å²) in [6.45, 7) is 4.82. The van der Waals surface area contributed by atoms with Crippen molar-refractivity contribution in [2.75, 3.05) is 11.9 Å². The maximum atomic E-state index is 12.2. The number of hydrogen-bond donors (Lipinski definition) is 2. The summed E-state index contributed by atoms with van der Waals surface area (Å²) < 4.78 is 41.1. The zero-order valence-corrected chi connectivity index (χ0v) is 13.5. The Labute approximate surface area is 134 Å². The smallest absolute Gasteiger partial charge is 0.406 e. The minimum absolute atomic E-state index is 0.268. The summed E-state index contributed by atoms with van der Waals surface area (Å²) in [5, 5.41) is 6.89. The summed E-state index contributed by atoms with van der Waals surface area (Å²) in [5.41, 5.74) is 0.577. The Hall–Kier alpha value is -1.61. The summed E-state index contributed by atoms with van der Waals surface area (Å²) in [6.07, 6.45) is -4.71. The lowest BCUT2D eigenvalue weighted by Crippen LogP contribution is -2.31. The van der Waals surface area contributed by atoms with E-state index in [-0.39, 0.29) is 5.75 Å². The second-order valence-corrected chi connectivity index (χ2v) is 6.36. The first-order chi connectivity index (χ1) is 10.2. The van der Waals surface area contributed by atoms with Crippen LogP contribution in [0.1, 0.15) is 13.8 Å². The van der Waals surface area contributed by atoms with Gasteiger partial charge in [-0.15, -0.1) is 13.2 Å². The second-order valence-electron chi connectivity index (χ2n) is 4.93. The van der Waals surface area contributed by atoms with Crippen LogP contribution in [0.25, 0.3) is 10.2 Å². The van der Waals surface area contributed by atoms with Crippen molar-refractivity contribution in [2.24, 2.45) is 5.92 Å². The van der Waals surface area contributed by atoms with E-state index in [2.05, 4.69) is 34.2 Å². The standard InChI is InChI=1S/C13H14F3N3OS2/c1-7(2)6-17-11(21)19-12-18-9-4-3-8(5-10(9)22-12)20-13(14,15)16/h3-5,7H,6H2,1-2H3,(H2,17,18,19,21). The average molecular weight is 349 g/mol. The fourth-order valence-electron chi connectivity index (χ4n) is 1.59. The third-order valence-electron chi connectivity index (χ3n) is 2.48. The van der Waals surface area contributed by atoms with Gasteiger partial charge in [0.2, 0.25) is 0 Å². The van der Waals surface area contributed by atoms with E-state index in [1.807, 2.05) is 0 Å². The summed E-state index contributed by atoms with van der Waals surface area (Å²) in [6, 6.07) is 4.01. The highest BCUT2D eigenvalue weighted by Gasteiger charge is 2.31. The molecule has 0 amide bonds. The van der Waals surface area contributed by atoms with Crippen molar-refractivity contribution in [3.8, 4) is 5.75 Å². The first-order valence-corrected chi connectivity index (χ1v) is 7.66. The number of thiocarbonyl (C=S) groups is 1. The highest BCUT2D eigenvalue weighted by atomic mass is 32.1. The third-order valence-corrected chi connectivity index (χ3v) is 3.66. The zero-order chi connectivity index (χ0) is 16.3. The molecule has 0 aliphatic heterocycles. The molecule has 1 aromatic carbocycles. The molecule has 0 saturated heterocycles. The first kappa shape index (κ1) is 16.8. The zero-order valence-electron chi connectivity index (χ0n) is 11.8. The minimum atomic E-state index is -4.71. The Kier molecular flexibility index (Phi) is 5.07. The number of nitrogens with one attached hydrogen (secondary N) is 2. The van der Waals surface area contributed by atoms with Gasteiger partial charge in [0, 0.05) is 12.6 Å². The number of ether oxygens (including phenoxy) is 1. The summed E-state index contributed by atoms with van der Waals surface area (Å²) in [7, 11) is 0. The molecule has 0 atom stereocenters. The summed E-state index contributed by atoms with van der Waals surface area (Å²) >= 11 is 6.33. The number of fused-ring (bicyclic) bond motifs is 1. The van der Waals surface area contributed by atoms with Crippen LogP contribution in [-0.2, 0) is 0 Å². The topological polar surface area (TPSA) is 46.2 Å². The molecule has 0 radical (unpaired) electrons. The van der Waals surface area contributed by atoms with E-state index in [0.29, 0.717) is 26.4 Å². The lowest BCUT2D eigenvalue weighted by Gasteiger charge is -2.09. The van der Waals surface area contributed by atoms with Gasteiger partial charge in [0.1, 0.15) is 5.75 Å². The van der Waals surface area contributed by atoms with Gasteiger partial charge in [0.05, 0.1) is 10.2 Å². The van der Waals surface area contributed by atoms with Crippen molar-refractivity contribution < 1.29 is 17.9 Å². The van der Waals surface area contributed by atoms with Gasteiger partial charge >= 0.3 is 6.36 Å². The van der Waals surface area contributed by atoms with Crippen molar-refractivity contribution in [3.05, 3.63) is 18.2 Å². The Morgan fingerprint density at radius 3 is 2.77 bits per heavy atom. The molecule has 0 aliphatic carbocycles. The van der Waals surface area contributed by atoms with Gasteiger partial charge in [-0.2, -0.15) is 0 Å². The fourth-order valence-corrected chi connectivity index (χ4v) is 2.74. The predicted molar refractivity (Wildman–Crippen MR) is 85.4 cm³/mol. The number of thiazole rings is 1. The Balaban J connectivity index is 2.08. The van der Waals surface area contributed by atoms with Crippen LogP contribution in [0.4, 0.5) is 18.3 Å². The van der Waals surface area contributed by atoms with Crippen LogP contribution in [0.15, 0.2) is 18.2 Å². The van der Waals surface area contributed by atoms with Crippen molar-refractivity contribution in [1.82, 2.24) is 10.3 Å². The maximum absolute atomic E-state index is 12.2. The van der Waals surface area contributed by atoms with E-state index < -0.39 is 6.36 Å². The molecule has 1 aromatic heterocycles. The fraction of sp³-hybridized carbons (Fsp3) is 0.385. The molecule has 0 fully saturated rings. The highest BCUT2D eigenvalue weighted by Crippen LogP contribution is 2.31. The van der Waals surface area contributed by atoms with E-state index in [0.717, 1.165) is 6.54 Å². The predicted octanol–water partition coefficient (Wildman–Crippen LogP) is 4.14. The number of anilines is 1. The maximum Gasteiger partial charge on any atom is 0.573 e. The highest BCUT2D eigenvalue weighted by molar-refractivity contribution is 7.80. The minimum Gasteiger partial charge on any atom is -0.406 e. The molecule has 1 heterocycles. The number of alkyl halides is 3. The van der Waals surface area contributed by atoms with Crippen molar-refractivity contribution >= 4 is 44.0 Å². The molecule has 2 aromatic rings. The van der Waals surface area contributed by atoms with Gasteiger partial charge in [0.15, 0.2) is 10.2 Å². The average Bonchev–Trinajstić information content (AvgIpc) is 2.75. The van der Waals surface area contributed by atoms with Gasteiger partial charge in [-0.1, -0.05) is 25.2 Å². The largest absolute Gasteiger partial charge is 0.573 e. The number of aromatic nitrogens is 1. The Bertz CT molecular complexity index is 670. The number of benzene rings is 1. The van der Waals surface area contributed by atoms with Crippen LogP contribution in [0.5, 0.6) is 5.75 Å². The summed E-state index contributed by atoms with van der Waals surface area (Å²) in [4.78, 5) is 4.26. The van der Waals surface area contributed by atoms with Gasteiger partial charge in [-0.3, -0.25) is 0 Å². The van der Waals surface area contributed by atoms with Crippen LogP contribution in [0.2, 0.25) is 0 Å². The Morgan fingerprint density at radius 2 is 2.14 bits per heavy atom. The number of nitrogens with zero attached hydrogens (tertiary/aromatic N) is 1. The SMILES string of the molecule is CC(C)CNC(=S)Nc1nc2ccc(OC(F)(F)F)cc2s1. The van der Waals surface area contributed by atoms with E-state index in [1.165, 1.54) is 29.5 Å². The van der Waals surface area contributed by atoms with Crippen molar-refractivity contribution in [3.63, 3.8) is 0 Å². The molecular weight excluding hydrogens is 335 g/mol. The molecular formula is C13H14F3N3OS2. The molecule has 0 aliphatic rings. The quantitative estimate of drug-likeness (QED) is 0.813. The molecule has 0 spiro atoms. The van der Waals surface area contributed by atoms with Crippen LogP contribution < -0.4 is 15.4 Å².